The lowest BCUT2D eigenvalue weighted by Gasteiger charge is -2.27. The fourth-order valence-corrected chi connectivity index (χ4v) is 3.25. The predicted molar refractivity (Wildman–Crippen MR) is 114 cm³/mol. The number of imidazole rings is 1. The van der Waals surface area contributed by atoms with E-state index in [1.54, 1.807) is 24.9 Å². The zero-order valence-electron chi connectivity index (χ0n) is 18.1. The first-order valence-electron chi connectivity index (χ1n) is 9.91. The van der Waals surface area contributed by atoms with Gasteiger partial charge in [-0.15, -0.1) is 0 Å². The van der Waals surface area contributed by atoms with Crippen LogP contribution < -0.4 is 0 Å². The lowest BCUT2D eigenvalue weighted by atomic mass is 10.1. The standard InChI is InChI=1S/C22H30N4O3/c1-7-25(20(27)29-21(2,3)4)13-18-24-19-15-10-8-9-11-16(15)23-12-17(19)26(18)14-22(5,6)28/h8-12,28H,7,13-14H2,1-6H3. The summed E-state index contributed by atoms with van der Waals surface area (Å²) in [4.78, 5) is 23.6. The third kappa shape index (κ3) is 4.85. The smallest absolute Gasteiger partial charge is 0.410 e. The number of amides is 1. The average molecular weight is 399 g/mol. The highest BCUT2D eigenvalue weighted by molar-refractivity contribution is 6.02. The minimum atomic E-state index is -0.947. The second-order valence-corrected chi connectivity index (χ2v) is 8.93. The van der Waals surface area contributed by atoms with Gasteiger partial charge < -0.3 is 19.3 Å². The molecule has 7 nitrogen and oxygen atoms in total. The molecule has 2 aromatic heterocycles. The number of aliphatic hydroxyl groups is 1. The highest BCUT2D eigenvalue weighted by atomic mass is 16.6. The highest BCUT2D eigenvalue weighted by Crippen LogP contribution is 2.26. The second-order valence-electron chi connectivity index (χ2n) is 8.93. The quantitative estimate of drug-likeness (QED) is 0.699. The Morgan fingerprint density at radius 2 is 1.90 bits per heavy atom. The summed E-state index contributed by atoms with van der Waals surface area (Å²) in [6.07, 6.45) is 1.40. The minimum absolute atomic E-state index is 0.282. The summed E-state index contributed by atoms with van der Waals surface area (Å²) in [6.45, 7) is 12.1. The molecule has 0 radical (unpaired) electrons. The van der Waals surface area contributed by atoms with Crippen LogP contribution in [0.4, 0.5) is 4.79 Å². The second kappa shape index (κ2) is 7.63. The van der Waals surface area contributed by atoms with Gasteiger partial charge in [0.1, 0.15) is 11.4 Å². The van der Waals surface area contributed by atoms with Gasteiger partial charge in [0.25, 0.3) is 0 Å². The number of fused-ring (bicyclic) bond motifs is 3. The maximum atomic E-state index is 12.6. The Balaban J connectivity index is 2.08. The molecule has 7 heteroatoms. The maximum absolute atomic E-state index is 12.6. The van der Waals surface area contributed by atoms with Crippen LogP contribution in [0.15, 0.2) is 30.5 Å². The van der Waals surface area contributed by atoms with Gasteiger partial charge in [-0.3, -0.25) is 4.98 Å². The van der Waals surface area contributed by atoms with Crippen molar-refractivity contribution in [2.45, 2.75) is 65.8 Å². The summed E-state index contributed by atoms with van der Waals surface area (Å²) in [5.74, 6) is 0.688. The van der Waals surface area contributed by atoms with Gasteiger partial charge in [-0.25, -0.2) is 9.78 Å². The van der Waals surface area contributed by atoms with Gasteiger partial charge in [0.15, 0.2) is 0 Å². The first-order valence-corrected chi connectivity index (χ1v) is 9.91. The number of carbonyl (C=O) groups excluding carboxylic acids is 1. The number of hydrogen-bond acceptors (Lipinski definition) is 5. The average Bonchev–Trinajstić information content (AvgIpc) is 2.94. The number of aromatic nitrogens is 3. The summed E-state index contributed by atoms with van der Waals surface area (Å²) in [6, 6.07) is 7.83. The van der Waals surface area contributed by atoms with E-state index in [0.29, 0.717) is 18.9 Å². The minimum Gasteiger partial charge on any atom is -0.444 e. The third-order valence-electron chi connectivity index (χ3n) is 4.48. The van der Waals surface area contributed by atoms with Gasteiger partial charge in [0.2, 0.25) is 0 Å². The lowest BCUT2D eigenvalue weighted by Crippen LogP contribution is -2.37. The third-order valence-corrected chi connectivity index (χ3v) is 4.48. The fraction of sp³-hybridized carbons (Fsp3) is 0.500. The molecule has 1 N–H and O–H groups in total. The van der Waals surface area contributed by atoms with Crippen molar-refractivity contribution >= 4 is 28.0 Å². The Labute approximate surface area is 171 Å². The van der Waals surface area contributed by atoms with Crippen LogP contribution >= 0.6 is 0 Å². The first-order chi connectivity index (χ1) is 13.5. The topological polar surface area (TPSA) is 80.5 Å². The van der Waals surface area contributed by atoms with E-state index in [2.05, 4.69) is 4.98 Å². The van der Waals surface area contributed by atoms with Crippen molar-refractivity contribution in [3.8, 4) is 0 Å². The first kappa shape index (κ1) is 21.0. The molecule has 0 aliphatic heterocycles. The number of benzene rings is 1. The van der Waals surface area contributed by atoms with E-state index >= 15 is 0 Å². The van der Waals surface area contributed by atoms with E-state index < -0.39 is 11.2 Å². The summed E-state index contributed by atoms with van der Waals surface area (Å²) >= 11 is 0. The molecule has 2 heterocycles. The van der Waals surface area contributed by atoms with Crippen LogP contribution in [-0.4, -0.2) is 48.4 Å². The van der Waals surface area contributed by atoms with Crippen LogP contribution in [0.5, 0.6) is 0 Å². The van der Waals surface area contributed by atoms with Crippen molar-refractivity contribution in [3.63, 3.8) is 0 Å². The van der Waals surface area contributed by atoms with Crippen molar-refractivity contribution in [3.05, 3.63) is 36.3 Å². The Kier molecular flexibility index (Phi) is 5.54. The van der Waals surface area contributed by atoms with Crippen LogP contribution in [0, 0.1) is 0 Å². The molecule has 3 rings (SSSR count). The Morgan fingerprint density at radius 1 is 1.21 bits per heavy atom. The number of rotatable bonds is 5. The number of ether oxygens (including phenoxy) is 1. The zero-order valence-corrected chi connectivity index (χ0v) is 18.1. The molecule has 29 heavy (non-hydrogen) atoms. The largest absolute Gasteiger partial charge is 0.444 e. The monoisotopic (exact) mass is 398 g/mol. The van der Waals surface area contributed by atoms with E-state index in [9.17, 15) is 9.90 Å². The normalized spacial score (nSPS) is 12.5. The molecule has 1 aromatic carbocycles. The Bertz CT molecular complexity index is 1030. The van der Waals surface area contributed by atoms with Gasteiger partial charge in [-0.2, -0.15) is 0 Å². The van der Waals surface area contributed by atoms with Crippen molar-refractivity contribution in [2.24, 2.45) is 0 Å². The van der Waals surface area contributed by atoms with Crippen molar-refractivity contribution in [1.29, 1.82) is 0 Å². The molecule has 0 spiro atoms. The fourth-order valence-electron chi connectivity index (χ4n) is 3.25. The van der Waals surface area contributed by atoms with Crippen molar-refractivity contribution in [1.82, 2.24) is 19.4 Å². The molecular formula is C22H30N4O3. The van der Waals surface area contributed by atoms with Crippen LogP contribution in [0.3, 0.4) is 0 Å². The van der Waals surface area contributed by atoms with Crippen LogP contribution in [-0.2, 0) is 17.8 Å². The van der Waals surface area contributed by atoms with Gasteiger partial charge in [0.05, 0.1) is 41.4 Å². The molecule has 3 aromatic rings. The van der Waals surface area contributed by atoms with Gasteiger partial charge >= 0.3 is 6.09 Å². The highest BCUT2D eigenvalue weighted by Gasteiger charge is 2.25. The van der Waals surface area contributed by atoms with Gasteiger partial charge in [0, 0.05) is 11.9 Å². The maximum Gasteiger partial charge on any atom is 0.410 e. The predicted octanol–water partition coefficient (Wildman–Crippen LogP) is 4.11. The molecule has 0 atom stereocenters. The molecule has 0 aliphatic carbocycles. The Hall–Kier alpha value is -2.67. The molecule has 0 saturated heterocycles. The molecule has 0 unspecified atom stereocenters. The molecule has 0 saturated carbocycles. The summed E-state index contributed by atoms with van der Waals surface area (Å²) in [5, 5.41) is 11.4. The Morgan fingerprint density at radius 3 is 2.52 bits per heavy atom. The molecular weight excluding hydrogens is 368 g/mol. The van der Waals surface area contributed by atoms with E-state index in [1.165, 1.54) is 0 Å². The summed E-state index contributed by atoms with van der Waals surface area (Å²) < 4.78 is 7.48. The van der Waals surface area contributed by atoms with Crippen molar-refractivity contribution in [2.75, 3.05) is 6.54 Å². The summed E-state index contributed by atoms with van der Waals surface area (Å²) in [5.41, 5.74) is 0.990. The van der Waals surface area contributed by atoms with Crippen molar-refractivity contribution < 1.29 is 14.6 Å². The lowest BCUT2D eigenvalue weighted by molar-refractivity contribution is 0.0234. The number of nitrogens with zero attached hydrogens (tertiary/aromatic N) is 4. The van der Waals surface area contributed by atoms with Crippen LogP contribution in [0.1, 0.15) is 47.4 Å². The SMILES string of the molecule is CCN(Cc1nc2c3ccccc3ncc2n1CC(C)(C)O)C(=O)OC(C)(C)C. The molecule has 1 amide bonds. The summed E-state index contributed by atoms with van der Waals surface area (Å²) in [7, 11) is 0. The number of para-hydroxylation sites is 1. The van der Waals surface area contributed by atoms with Crippen LogP contribution in [0.2, 0.25) is 0 Å². The molecule has 156 valence electrons. The van der Waals surface area contributed by atoms with E-state index in [4.69, 9.17) is 9.72 Å². The van der Waals surface area contributed by atoms with Crippen LogP contribution in [0.25, 0.3) is 21.9 Å². The molecule has 0 bridgehead atoms. The van der Waals surface area contributed by atoms with Gasteiger partial charge in [-0.05, 0) is 47.6 Å². The van der Waals surface area contributed by atoms with Gasteiger partial charge in [-0.1, -0.05) is 18.2 Å². The molecule has 0 fully saturated rings. The number of hydrogen-bond donors (Lipinski definition) is 1. The van der Waals surface area contributed by atoms with E-state index in [0.717, 1.165) is 21.9 Å². The molecule has 0 aliphatic rings. The number of carbonyl (C=O) groups is 1. The zero-order chi connectivity index (χ0) is 21.4. The van der Waals surface area contributed by atoms with E-state index in [1.807, 2.05) is 56.5 Å². The van der Waals surface area contributed by atoms with E-state index in [-0.39, 0.29) is 12.6 Å². The number of pyridine rings is 1.